The summed E-state index contributed by atoms with van der Waals surface area (Å²) in [5, 5.41) is 9.02. The van der Waals surface area contributed by atoms with Gasteiger partial charge in [0.05, 0.1) is 6.54 Å². The van der Waals surface area contributed by atoms with E-state index >= 15 is 0 Å². The molecule has 0 atom stereocenters. The maximum Gasteiger partial charge on any atom is 0.221 e. The van der Waals surface area contributed by atoms with Crippen LogP contribution in [0.25, 0.3) is 0 Å². The number of hydrogen-bond donors (Lipinski definition) is 2. The Morgan fingerprint density at radius 1 is 1.60 bits per heavy atom. The highest BCUT2D eigenvalue weighted by Gasteiger charge is 2.19. The van der Waals surface area contributed by atoms with E-state index in [0.29, 0.717) is 19.0 Å². The van der Waals surface area contributed by atoms with E-state index < -0.39 is 0 Å². The van der Waals surface area contributed by atoms with Crippen molar-refractivity contribution in [3.05, 3.63) is 16.6 Å². The Morgan fingerprint density at radius 3 is 3.13 bits per heavy atom. The Labute approximate surface area is 93.1 Å². The summed E-state index contributed by atoms with van der Waals surface area (Å²) in [7, 11) is 0. The van der Waals surface area contributed by atoms with E-state index in [-0.39, 0.29) is 5.91 Å². The van der Waals surface area contributed by atoms with Gasteiger partial charge in [0.15, 0.2) is 0 Å². The largest absolute Gasteiger partial charge is 0.350 e. The van der Waals surface area contributed by atoms with Crippen molar-refractivity contribution in [2.75, 3.05) is 6.54 Å². The lowest BCUT2D eigenvalue weighted by Crippen LogP contribution is -2.28. The maximum absolute atomic E-state index is 11.4. The SMILES string of the molecule is O=C(CCNC1CC1)NCc1nccs1. The van der Waals surface area contributed by atoms with Gasteiger partial charge in [-0.1, -0.05) is 0 Å². The van der Waals surface area contributed by atoms with Gasteiger partial charge < -0.3 is 10.6 Å². The highest BCUT2D eigenvalue weighted by atomic mass is 32.1. The van der Waals surface area contributed by atoms with Crippen LogP contribution in [0.1, 0.15) is 24.3 Å². The molecule has 1 heterocycles. The summed E-state index contributed by atoms with van der Waals surface area (Å²) in [4.78, 5) is 15.5. The zero-order valence-electron chi connectivity index (χ0n) is 8.53. The molecule has 15 heavy (non-hydrogen) atoms. The minimum absolute atomic E-state index is 0.0957. The van der Waals surface area contributed by atoms with Crippen LogP contribution in [-0.2, 0) is 11.3 Å². The Morgan fingerprint density at radius 2 is 2.47 bits per heavy atom. The van der Waals surface area contributed by atoms with Crippen molar-refractivity contribution in [2.24, 2.45) is 0 Å². The number of aromatic nitrogens is 1. The van der Waals surface area contributed by atoms with Crippen LogP contribution in [0.5, 0.6) is 0 Å². The van der Waals surface area contributed by atoms with Crippen LogP contribution >= 0.6 is 11.3 Å². The van der Waals surface area contributed by atoms with E-state index in [2.05, 4.69) is 15.6 Å². The number of thiazole rings is 1. The first-order valence-electron chi connectivity index (χ1n) is 5.23. The second-order valence-electron chi connectivity index (χ2n) is 3.68. The van der Waals surface area contributed by atoms with Gasteiger partial charge in [0.25, 0.3) is 0 Å². The summed E-state index contributed by atoms with van der Waals surface area (Å²) in [5.74, 6) is 0.0957. The minimum atomic E-state index is 0.0957. The predicted molar refractivity (Wildman–Crippen MR) is 59.6 cm³/mol. The Kier molecular flexibility index (Phi) is 3.69. The van der Waals surface area contributed by atoms with Gasteiger partial charge in [0.2, 0.25) is 5.91 Å². The molecule has 1 aliphatic carbocycles. The fourth-order valence-electron chi connectivity index (χ4n) is 1.28. The third kappa shape index (κ3) is 3.97. The number of hydrogen-bond acceptors (Lipinski definition) is 4. The summed E-state index contributed by atoms with van der Waals surface area (Å²) >= 11 is 1.56. The van der Waals surface area contributed by atoms with Gasteiger partial charge in [-0.05, 0) is 12.8 Å². The van der Waals surface area contributed by atoms with Crippen molar-refractivity contribution in [2.45, 2.75) is 31.8 Å². The lowest BCUT2D eigenvalue weighted by molar-refractivity contribution is -0.121. The van der Waals surface area contributed by atoms with Crippen LogP contribution < -0.4 is 10.6 Å². The van der Waals surface area contributed by atoms with E-state index in [4.69, 9.17) is 0 Å². The van der Waals surface area contributed by atoms with Crippen LogP contribution in [0.3, 0.4) is 0 Å². The molecule has 0 saturated heterocycles. The normalized spacial score (nSPS) is 15.2. The molecule has 1 aromatic heterocycles. The molecule has 1 aromatic rings. The van der Waals surface area contributed by atoms with Gasteiger partial charge >= 0.3 is 0 Å². The maximum atomic E-state index is 11.4. The second kappa shape index (κ2) is 5.23. The molecule has 2 N–H and O–H groups in total. The molecule has 0 spiro atoms. The third-order valence-corrected chi connectivity index (χ3v) is 3.06. The number of amides is 1. The minimum Gasteiger partial charge on any atom is -0.350 e. The number of nitrogens with one attached hydrogen (secondary N) is 2. The van der Waals surface area contributed by atoms with Gasteiger partial charge in [-0.2, -0.15) is 0 Å². The van der Waals surface area contributed by atoms with E-state index in [9.17, 15) is 4.79 Å². The first-order chi connectivity index (χ1) is 7.34. The van der Waals surface area contributed by atoms with Crippen molar-refractivity contribution >= 4 is 17.2 Å². The molecule has 1 aliphatic rings. The molecule has 0 unspecified atom stereocenters. The molecule has 5 heteroatoms. The third-order valence-electron chi connectivity index (χ3n) is 2.28. The average Bonchev–Trinajstić information content (AvgIpc) is 2.91. The van der Waals surface area contributed by atoms with E-state index in [0.717, 1.165) is 11.6 Å². The zero-order chi connectivity index (χ0) is 10.5. The monoisotopic (exact) mass is 225 g/mol. The smallest absolute Gasteiger partial charge is 0.221 e. The van der Waals surface area contributed by atoms with Gasteiger partial charge in [-0.15, -0.1) is 11.3 Å². The molecule has 82 valence electrons. The molecule has 0 bridgehead atoms. The van der Waals surface area contributed by atoms with Crippen LogP contribution in [0.2, 0.25) is 0 Å². The van der Waals surface area contributed by atoms with Crippen molar-refractivity contribution in [1.82, 2.24) is 15.6 Å². The van der Waals surface area contributed by atoms with Crippen molar-refractivity contribution in [1.29, 1.82) is 0 Å². The second-order valence-corrected chi connectivity index (χ2v) is 4.66. The van der Waals surface area contributed by atoms with Crippen molar-refractivity contribution < 1.29 is 4.79 Å². The van der Waals surface area contributed by atoms with E-state index in [1.54, 1.807) is 17.5 Å². The molecule has 4 nitrogen and oxygen atoms in total. The number of carbonyl (C=O) groups is 1. The summed E-state index contributed by atoms with van der Waals surface area (Å²) < 4.78 is 0. The van der Waals surface area contributed by atoms with Gasteiger partial charge in [0, 0.05) is 30.6 Å². The topological polar surface area (TPSA) is 54.0 Å². The van der Waals surface area contributed by atoms with E-state index in [1.165, 1.54) is 12.8 Å². The lowest BCUT2D eigenvalue weighted by atomic mass is 10.4. The standard InChI is InChI=1S/C10H15N3OS/c14-9(3-4-11-8-1-2-8)13-7-10-12-5-6-15-10/h5-6,8,11H,1-4,7H2,(H,13,14). The molecule has 2 rings (SSSR count). The zero-order valence-corrected chi connectivity index (χ0v) is 9.35. The molecule has 1 saturated carbocycles. The van der Waals surface area contributed by atoms with Gasteiger partial charge in [-0.3, -0.25) is 4.79 Å². The molecular weight excluding hydrogens is 210 g/mol. The fraction of sp³-hybridized carbons (Fsp3) is 0.600. The van der Waals surface area contributed by atoms with Gasteiger partial charge in [0.1, 0.15) is 5.01 Å². The summed E-state index contributed by atoms with van der Waals surface area (Å²) in [6.45, 7) is 1.34. The predicted octanol–water partition coefficient (Wildman–Crippen LogP) is 0.901. The average molecular weight is 225 g/mol. The number of carbonyl (C=O) groups excluding carboxylic acids is 1. The molecule has 0 aliphatic heterocycles. The Bertz CT molecular complexity index is 308. The Balaban J connectivity index is 1.55. The summed E-state index contributed by atoms with van der Waals surface area (Å²) in [6, 6.07) is 0.678. The quantitative estimate of drug-likeness (QED) is 0.756. The van der Waals surface area contributed by atoms with Crippen LogP contribution in [0.15, 0.2) is 11.6 Å². The number of nitrogens with zero attached hydrogens (tertiary/aromatic N) is 1. The van der Waals surface area contributed by atoms with Crippen LogP contribution in [-0.4, -0.2) is 23.5 Å². The molecule has 0 radical (unpaired) electrons. The van der Waals surface area contributed by atoms with E-state index in [1.807, 2.05) is 5.38 Å². The van der Waals surface area contributed by atoms with Crippen LogP contribution in [0.4, 0.5) is 0 Å². The molecule has 1 amide bonds. The molecule has 0 aromatic carbocycles. The first kappa shape index (κ1) is 10.6. The highest BCUT2D eigenvalue weighted by molar-refractivity contribution is 7.09. The van der Waals surface area contributed by atoms with Crippen LogP contribution in [0, 0.1) is 0 Å². The van der Waals surface area contributed by atoms with Crippen molar-refractivity contribution in [3.8, 4) is 0 Å². The lowest BCUT2D eigenvalue weighted by Gasteiger charge is -2.03. The Hall–Kier alpha value is -0.940. The van der Waals surface area contributed by atoms with Gasteiger partial charge in [-0.25, -0.2) is 4.98 Å². The molecular formula is C10H15N3OS. The van der Waals surface area contributed by atoms with Crippen molar-refractivity contribution in [3.63, 3.8) is 0 Å². The summed E-state index contributed by atoms with van der Waals surface area (Å²) in [5.41, 5.74) is 0. The highest BCUT2D eigenvalue weighted by Crippen LogP contribution is 2.18. The summed E-state index contributed by atoms with van der Waals surface area (Å²) in [6.07, 6.45) is 4.84. The molecule has 1 fully saturated rings. The number of rotatable bonds is 6. The first-order valence-corrected chi connectivity index (χ1v) is 6.11. The fourth-order valence-corrected chi connectivity index (χ4v) is 1.84.